The number of rotatable bonds is 3. The van der Waals surface area contributed by atoms with E-state index in [1.165, 1.54) is 0 Å². The molecule has 0 spiro atoms. The molecular weight excluding hydrogens is 236 g/mol. The summed E-state index contributed by atoms with van der Waals surface area (Å²) in [6.45, 7) is 2.00. The minimum Gasteiger partial charge on any atom is -0.329 e. The van der Waals surface area contributed by atoms with Crippen molar-refractivity contribution in [2.45, 2.75) is 6.92 Å². The Hall–Kier alpha value is -1.87. The molecule has 0 saturated heterocycles. The molecule has 1 amide bonds. The van der Waals surface area contributed by atoms with Crippen molar-refractivity contribution in [3.05, 3.63) is 47.1 Å². The molecule has 17 heavy (non-hydrogen) atoms. The second-order valence-corrected chi connectivity index (χ2v) is 4.09. The summed E-state index contributed by atoms with van der Waals surface area (Å²) in [7, 11) is 0. The molecule has 1 N–H and O–H groups in total. The van der Waals surface area contributed by atoms with Gasteiger partial charge in [-0.1, -0.05) is 17.7 Å². The van der Waals surface area contributed by atoms with Gasteiger partial charge in [-0.25, -0.2) is 0 Å². The molecule has 2 aromatic rings. The van der Waals surface area contributed by atoms with Crippen LogP contribution in [0.15, 0.2) is 36.5 Å². The highest BCUT2D eigenvalue weighted by Crippen LogP contribution is 2.25. The molecule has 0 aliphatic carbocycles. The van der Waals surface area contributed by atoms with Crippen LogP contribution in [0.4, 0.5) is 5.69 Å². The molecule has 86 valence electrons. The molecule has 0 aliphatic heterocycles. The second-order valence-electron chi connectivity index (χ2n) is 3.65. The van der Waals surface area contributed by atoms with E-state index in [2.05, 4.69) is 10.3 Å². The van der Waals surface area contributed by atoms with Crippen LogP contribution in [0.25, 0.3) is 11.3 Å². The van der Waals surface area contributed by atoms with Gasteiger partial charge < -0.3 is 5.32 Å². The molecule has 4 heteroatoms. The maximum Gasteiger partial charge on any atom is 0.211 e. The number of amides is 1. The SMILES string of the molecule is Cc1ccc(NC=O)cc1-c1ccc(Cl)cn1. The number of halogens is 1. The Kier molecular flexibility index (Phi) is 3.40. The minimum absolute atomic E-state index is 0.605. The van der Waals surface area contributed by atoms with Crippen LogP contribution in [0.1, 0.15) is 5.56 Å². The average molecular weight is 247 g/mol. The summed E-state index contributed by atoms with van der Waals surface area (Å²) in [5, 5.41) is 3.23. The molecule has 2 rings (SSSR count). The topological polar surface area (TPSA) is 42.0 Å². The van der Waals surface area contributed by atoms with Crippen molar-refractivity contribution in [1.29, 1.82) is 0 Å². The van der Waals surface area contributed by atoms with Gasteiger partial charge in [-0.2, -0.15) is 0 Å². The summed E-state index contributed by atoms with van der Waals surface area (Å²) in [6.07, 6.45) is 2.26. The first-order valence-corrected chi connectivity index (χ1v) is 5.51. The van der Waals surface area contributed by atoms with Gasteiger partial charge >= 0.3 is 0 Å². The van der Waals surface area contributed by atoms with Crippen molar-refractivity contribution in [2.75, 3.05) is 5.32 Å². The molecule has 0 fully saturated rings. The van der Waals surface area contributed by atoms with Gasteiger partial charge in [0.2, 0.25) is 6.41 Å². The number of nitrogens with zero attached hydrogens (tertiary/aromatic N) is 1. The number of carbonyl (C=O) groups excluding carboxylic acids is 1. The quantitative estimate of drug-likeness (QED) is 0.845. The fourth-order valence-electron chi connectivity index (χ4n) is 1.59. The Morgan fingerprint density at radius 1 is 1.29 bits per heavy atom. The average Bonchev–Trinajstić information content (AvgIpc) is 2.33. The van der Waals surface area contributed by atoms with Crippen molar-refractivity contribution >= 4 is 23.7 Å². The molecule has 0 radical (unpaired) electrons. The van der Waals surface area contributed by atoms with Gasteiger partial charge in [0, 0.05) is 17.4 Å². The molecule has 0 saturated carbocycles. The molecule has 0 bridgehead atoms. The Balaban J connectivity index is 2.46. The van der Waals surface area contributed by atoms with Crippen LogP contribution in [-0.4, -0.2) is 11.4 Å². The molecular formula is C13H11ClN2O. The van der Waals surface area contributed by atoms with Crippen molar-refractivity contribution in [3.63, 3.8) is 0 Å². The van der Waals surface area contributed by atoms with E-state index in [4.69, 9.17) is 11.6 Å². The molecule has 3 nitrogen and oxygen atoms in total. The zero-order valence-electron chi connectivity index (χ0n) is 9.27. The Morgan fingerprint density at radius 3 is 2.76 bits per heavy atom. The van der Waals surface area contributed by atoms with Crippen LogP contribution in [0.2, 0.25) is 5.02 Å². The zero-order valence-corrected chi connectivity index (χ0v) is 10.0. The molecule has 0 aliphatic rings. The third-order valence-electron chi connectivity index (χ3n) is 2.47. The lowest BCUT2D eigenvalue weighted by molar-refractivity contribution is -0.105. The van der Waals surface area contributed by atoms with Gasteiger partial charge in [0.25, 0.3) is 0 Å². The maximum absolute atomic E-state index is 10.4. The van der Waals surface area contributed by atoms with Gasteiger partial charge in [-0.15, -0.1) is 0 Å². The van der Waals surface area contributed by atoms with Gasteiger partial charge in [0.1, 0.15) is 0 Å². The Labute approximate surface area is 104 Å². The predicted octanol–water partition coefficient (Wildman–Crippen LogP) is 3.28. The smallest absolute Gasteiger partial charge is 0.211 e. The molecule has 1 aromatic heterocycles. The van der Waals surface area contributed by atoms with Crippen LogP contribution >= 0.6 is 11.6 Å². The first-order valence-electron chi connectivity index (χ1n) is 5.13. The van der Waals surface area contributed by atoms with Crippen LogP contribution in [0.5, 0.6) is 0 Å². The number of aromatic nitrogens is 1. The maximum atomic E-state index is 10.4. The van der Waals surface area contributed by atoms with Crippen molar-refractivity contribution in [2.24, 2.45) is 0 Å². The highest BCUT2D eigenvalue weighted by Gasteiger charge is 2.04. The fourth-order valence-corrected chi connectivity index (χ4v) is 1.70. The third-order valence-corrected chi connectivity index (χ3v) is 2.69. The van der Waals surface area contributed by atoms with E-state index in [-0.39, 0.29) is 0 Å². The molecule has 0 unspecified atom stereocenters. The zero-order chi connectivity index (χ0) is 12.3. The van der Waals surface area contributed by atoms with Gasteiger partial charge in [-0.05, 0) is 36.8 Å². The standard InChI is InChI=1S/C13H11ClN2O/c1-9-2-4-11(16-8-17)6-12(9)13-5-3-10(14)7-15-13/h2-8H,1H3,(H,16,17). The summed E-state index contributed by atoms with van der Waals surface area (Å²) in [6, 6.07) is 9.33. The van der Waals surface area contributed by atoms with E-state index in [0.29, 0.717) is 11.4 Å². The van der Waals surface area contributed by atoms with E-state index in [9.17, 15) is 4.79 Å². The lowest BCUT2D eigenvalue weighted by Gasteiger charge is -2.07. The lowest BCUT2D eigenvalue weighted by Crippen LogP contribution is -1.95. The molecule has 1 heterocycles. The minimum atomic E-state index is 0.605. The summed E-state index contributed by atoms with van der Waals surface area (Å²) in [4.78, 5) is 14.7. The van der Waals surface area contributed by atoms with Gasteiger partial charge in [0.15, 0.2) is 0 Å². The fraction of sp³-hybridized carbons (Fsp3) is 0.0769. The van der Waals surface area contributed by atoms with E-state index in [0.717, 1.165) is 22.5 Å². The first-order chi connectivity index (χ1) is 8.20. The summed E-state index contributed by atoms with van der Waals surface area (Å²) in [5.74, 6) is 0. The number of anilines is 1. The van der Waals surface area contributed by atoms with Crippen molar-refractivity contribution in [3.8, 4) is 11.3 Å². The monoisotopic (exact) mass is 246 g/mol. The van der Waals surface area contributed by atoms with Gasteiger partial charge in [0.05, 0.1) is 10.7 Å². The molecule has 1 aromatic carbocycles. The van der Waals surface area contributed by atoms with Crippen LogP contribution < -0.4 is 5.32 Å². The largest absolute Gasteiger partial charge is 0.329 e. The lowest BCUT2D eigenvalue weighted by atomic mass is 10.0. The summed E-state index contributed by atoms with van der Waals surface area (Å²) < 4.78 is 0. The Morgan fingerprint density at radius 2 is 2.12 bits per heavy atom. The number of carbonyl (C=O) groups is 1. The highest BCUT2D eigenvalue weighted by atomic mass is 35.5. The van der Waals surface area contributed by atoms with E-state index >= 15 is 0 Å². The van der Waals surface area contributed by atoms with Crippen molar-refractivity contribution in [1.82, 2.24) is 4.98 Å². The van der Waals surface area contributed by atoms with E-state index < -0.39 is 0 Å². The number of hydrogen-bond donors (Lipinski definition) is 1. The summed E-state index contributed by atoms with van der Waals surface area (Å²) in [5.41, 5.74) is 3.66. The van der Waals surface area contributed by atoms with Crippen LogP contribution in [-0.2, 0) is 4.79 Å². The normalized spacial score (nSPS) is 10.0. The van der Waals surface area contributed by atoms with Crippen LogP contribution in [0.3, 0.4) is 0 Å². The van der Waals surface area contributed by atoms with Crippen LogP contribution in [0, 0.1) is 6.92 Å². The number of hydrogen-bond acceptors (Lipinski definition) is 2. The predicted molar refractivity (Wildman–Crippen MR) is 69.1 cm³/mol. The van der Waals surface area contributed by atoms with E-state index in [1.54, 1.807) is 12.3 Å². The van der Waals surface area contributed by atoms with Crippen molar-refractivity contribution < 1.29 is 4.79 Å². The third kappa shape index (κ3) is 2.63. The summed E-state index contributed by atoms with van der Waals surface area (Å²) >= 11 is 5.80. The number of aryl methyl sites for hydroxylation is 1. The number of benzene rings is 1. The highest BCUT2D eigenvalue weighted by molar-refractivity contribution is 6.30. The number of pyridine rings is 1. The van der Waals surface area contributed by atoms with E-state index in [1.807, 2.05) is 31.2 Å². The van der Waals surface area contributed by atoms with Gasteiger partial charge in [-0.3, -0.25) is 9.78 Å². The Bertz CT molecular complexity index is 538. The second kappa shape index (κ2) is 4.97. The first kappa shape index (κ1) is 11.6. The number of nitrogens with one attached hydrogen (secondary N) is 1. The molecule has 0 atom stereocenters.